The zero-order chi connectivity index (χ0) is 23.7. The lowest BCUT2D eigenvalue weighted by molar-refractivity contribution is 0.111. The number of aryl methyl sites for hydroxylation is 1. The molecule has 1 saturated heterocycles. The van der Waals surface area contributed by atoms with Gasteiger partial charge in [-0.3, -0.25) is 4.90 Å². The van der Waals surface area contributed by atoms with Crippen LogP contribution in [-0.2, 0) is 13.5 Å². The Morgan fingerprint density at radius 2 is 1.76 bits per heavy atom. The molecular weight excluding hydrogens is 442 g/mol. The fraction of sp³-hybridized carbons (Fsp3) is 0.333. The molecule has 0 aliphatic carbocycles. The van der Waals surface area contributed by atoms with Crippen LogP contribution in [0.15, 0.2) is 36.7 Å². The summed E-state index contributed by atoms with van der Waals surface area (Å²) in [5.41, 5.74) is 7.11. The van der Waals surface area contributed by atoms with Crippen molar-refractivity contribution in [2.75, 3.05) is 11.4 Å². The number of nitriles is 1. The third-order valence-electron chi connectivity index (χ3n) is 5.15. The van der Waals surface area contributed by atoms with Crippen molar-refractivity contribution in [3.63, 3.8) is 0 Å². The summed E-state index contributed by atoms with van der Waals surface area (Å²) in [6.45, 7) is 0.444. The molecule has 2 N–H and O–H groups in total. The Hall–Kier alpha value is -3.72. The van der Waals surface area contributed by atoms with E-state index < -0.39 is 24.9 Å². The first kappa shape index (κ1) is 22.5. The van der Waals surface area contributed by atoms with Crippen LogP contribution >= 0.6 is 0 Å². The number of anilines is 1. The summed E-state index contributed by atoms with van der Waals surface area (Å²) in [6.07, 6.45) is -6.48. The van der Waals surface area contributed by atoms with Gasteiger partial charge in [-0.05, 0) is 36.7 Å². The highest BCUT2D eigenvalue weighted by Gasteiger charge is 2.52. The summed E-state index contributed by atoms with van der Waals surface area (Å²) in [6, 6.07) is 7.75. The fourth-order valence-corrected chi connectivity index (χ4v) is 3.42. The van der Waals surface area contributed by atoms with E-state index in [-0.39, 0.29) is 27.9 Å². The third kappa shape index (κ3) is 4.19. The molecule has 4 atom stereocenters. The second kappa shape index (κ2) is 9.03. The summed E-state index contributed by atoms with van der Waals surface area (Å²) >= 11 is 0. The van der Waals surface area contributed by atoms with Gasteiger partial charge < -0.3 is 10.5 Å². The van der Waals surface area contributed by atoms with Crippen LogP contribution in [0.1, 0.15) is 11.1 Å². The molecule has 4 unspecified atom stereocenters. The summed E-state index contributed by atoms with van der Waals surface area (Å²) in [4.78, 5) is 8.91. The van der Waals surface area contributed by atoms with Crippen molar-refractivity contribution in [3.05, 3.63) is 47.8 Å². The van der Waals surface area contributed by atoms with Crippen molar-refractivity contribution in [1.82, 2.24) is 19.7 Å². The Bertz CT molecular complexity index is 1170. The molecule has 1 aliphatic rings. The van der Waals surface area contributed by atoms with Gasteiger partial charge in [0.1, 0.15) is 5.75 Å². The Labute approximate surface area is 186 Å². The molecule has 0 saturated carbocycles. The number of nitrogens with zero attached hydrogens (tertiary/aromatic N) is 6. The zero-order valence-corrected chi connectivity index (χ0v) is 17.4. The number of rotatable bonds is 6. The van der Waals surface area contributed by atoms with Crippen LogP contribution < -0.4 is 15.4 Å². The molecule has 1 fully saturated rings. The molecule has 8 nitrogen and oxygen atoms in total. The number of halogens is 4. The van der Waals surface area contributed by atoms with E-state index >= 15 is 0 Å². The summed E-state index contributed by atoms with van der Waals surface area (Å²) in [7, 11) is 1.43. The van der Waals surface area contributed by atoms with Gasteiger partial charge in [-0.25, -0.2) is 32.2 Å². The summed E-state index contributed by atoms with van der Waals surface area (Å²) < 4.78 is 62.5. The normalized spacial score (nSPS) is 22.4. The number of hydrogen-bond acceptors (Lipinski definition) is 7. The highest BCUT2D eigenvalue weighted by Crippen LogP contribution is 2.38. The lowest BCUT2D eigenvalue weighted by atomic mass is 10.1. The van der Waals surface area contributed by atoms with E-state index in [0.29, 0.717) is 24.4 Å². The Morgan fingerprint density at radius 3 is 2.36 bits per heavy atom. The van der Waals surface area contributed by atoms with Gasteiger partial charge in [-0.2, -0.15) is 10.4 Å². The predicted octanol–water partition coefficient (Wildman–Crippen LogP) is 3.13. The van der Waals surface area contributed by atoms with Crippen LogP contribution in [0.3, 0.4) is 0 Å². The number of hydrogen-bond donors (Lipinski definition) is 1. The highest BCUT2D eigenvalue weighted by molar-refractivity contribution is 5.66. The van der Waals surface area contributed by atoms with E-state index in [4.69, 9.17) is 10.5 Å². The van der Waals surface area contributed by atoms with Crippen molar-refractivity contribution in [2.45, 2.75) is 31.4 Å². The molecule has 172 valence electrons. The minimum Gasteiger partial charge on any atom is -0.438 e. The maximum atomic E-state index is 14.1. The van der Waals surface area contributed by atoms with Crippen LogP contribution in [0.25, 0.3) is 11.4 Å². The van der Waals surface area contributed by atoms with E-state index in [1.807, 2.05) is 6.07 Å². The first-order valence-electron chi connectivity index (χ1n) is 9.96. The number of alkyl halides is 4. The first-order chi connectivity index (χ1) is 15.8. The Morgan fingerprint density at radius 1 is 1.09 bits per heavy atom. The molecule has 3 aromatic rings. The zero-order valence-electron chi connectivity index (χ0n) is 17.4. The van der Waals surface area contributed by atoms with Crippen LogP contribution in [0, 0.1) is 11.3 Å². The average Bonchev–Trinajstić information content (AvgIpc) is 3.26. The van der Waals surface area contributed by atoms with Gasteiger partial charge in [0, 0.05) is 25.5 Å². The monoisotopic (exact) mass is 461 g/mol. The predicted molar refractivity (Wildman–Crippen MR) is 110 cm³/mol. The Balaban J connectivity index is 1.67. The molecule has 1 aromatic carbocycles. The van der Waals surface area contributed by atoms with E-state index in [9.17, 15) is 22.8 Å². The maximum Gasteiger partial charge on any atom is 0.219 e. The van der Waals surface area contributed by atoms with E-state index in [2.05, 4.69) is 15.1 Å². The van der Waals surface area contributed by atoms with Gasteiger partial charge in [0.05, 0.1) is 17.2 Å². The minimum atomic E-state index is -2.63. The second-order valence-corrected chi connectivity index (χ2v) is 7.38. The largest absolute Gasteiger partial charge is 0.438 e. The third-order valence-corrected chi connectivity index (χ3v) is 5.15. The summed E-state index contributed by atoms with van der Waals surface area (Å²) in [5, 5.41) is 13.2. The van der Waals surface area contributed by atoms with Gasteiger partial charge >= 0.3 is 0 Å². The fourth-order valence-electron chi connectivity index (χ4n) is 3.42. The van der Waals surface area contributed by atoms with E-state index in [1.165, 1.54) is 13.1 Å². The maximum absolute atomic E-state index is 14.1. The molecule has 4 rings (SSSR count). The van der Waals surface area contributed by atoms with Gasteiger partial charge in [-0.1, -0.05) is 0 Å². The topological polar surface area (TPSA) is 106 Å². The second-order valence-electron chi connectivity index (χ2n) is 7.38. The van der Waals surface area contributed by atoms with Crippen LogP contribution in [0.4, 0.5) is 23.4 Å². The van der Waals surface area contributed by atoms with Crippen molar-refractivity contribution < 1.29 is 22.3 Å². The molecule has 0 bridgehead atoms. The van der Waals surface area contributed by atoms with Gasteiger partial charge in [0.15, 0.2) is 24.0 Å². The Kier molecular flexibility index (Phi) is 6.15. The molecule has 0 amide bonds. The van der Waals surface area contributed by atoms with Crippen LogP contribution in [0.2, 0.25) is 0 Å². The molecule has 1 aliphatic heterocycles. The number of ether oxygens (including phenoxy) is 1. The molecule has 0 radical (unpaired) electrons. The molecule has 12 heteroatoms. The summed E-state index contributed by atoms with van der Waals surface area (Å²) in [5.74, 6) is 0.163. The van der Waals surface area contributed by atoms with E-state index in [0.717, 1.165) is 16.3 Å². The van der Waals surface area contributed by atoms with Gasteiger partial charge in [0.2, 0.25) is 18.5 Å². The first-order valence-corrected chi connectivity index (χ1v) is 9.96. The van der Waals surface area contributed by atoms with Crippen LogP contribution in [0.5, 0.6) is 11.6 Å². The average molecular weight is 461 g/mol. The van der Waals surface area contributed by atoms with Gasteiger partial charge in [-0.15, -0.1) is 0 Å². The smallest absolute Gasteiger partial charge is 0.219 e. The molecule has 3 heterocycles. The molecular formula is C21H19F4N7O. The van der Waals surface area contributed by atoms with E-state index in [1.54, 1.807) is 24.5 Å². The molecule has 0 spiro atoms. The highest BCUT2D eigenvalue weighted by atomic mass is 19.2. The van der Waals surface area contributed by atoms with Crippen molar-refractivity contribution in [2.24, 2.45) is 12.8 Å². The lowest BCUT2D eigenvalue weighted by Gasteiger charge is -2.19. The quantitative estimate of drug-likeness (QED) is 0.444. The van der Waals surface area contributed by atoms with Crippen molar-refractivity contribution >= 4 is 5.82 Å². The lowest BCUT2D eigenvalue weighted by Crippen LogP contribution is -2.34. The number of nitrogens with two attached hydrogens (primary N) is 1. The SMILES string of the molecule is Cn1nc(N2C(F)C(F)C(F)C2F)cc1Oc1cc(C#N)ccc1-c1ncc(CCN)cn1. The minimum absolute atomic E-state index is 0.0122. The van der Waals surface area contributed by atoms with Gasteiger partial charge in [0.25, 0.3) is 0 Å². The van der Waals surface area contributed by atoms with Crippen molar-refractivity contribution in [1.29, 1.82) is 5.26 Å². The molecule has 2 aromatic heterocycles. The van der Waals surface area contributed by atoms with Crippen LogP contribution in [-0.4, -0.2) is 51.2 Å². The number of benzene rings is 1. The standard InChI is InChI=1S/C21H19F4N7O/c1-31-16(7-15(30-31)32-19(24)17(22)18(23)20(32)25)33-14-6-11(8-27)2-3-13(14)21-28-9-12(4-5-26)10-29-21/h2-3,6-7,9-10,17-20H,4-5,26H2,1H3. The van der Waals surface area contributed by atoms with Crippen molar-refractivity contribution in [3.8, 4) is 29.1 Å². The molecule has 33 heavy (non-hydrogen) atoms. The number of aromatic nitrogens is 4.